The Morgan fingerprint density at radius 1 is 1.24 bits per heavy atom. The zero-order chi connectivity index (χ0) is 18.6. The van der Waals surface area contributed by atoms with Gasteiger partial charge in [0.2, 0.25) is 0 Å². The van der Waals surface area contributed by atoms with E-state index in [4.69, 9.17) is 4.74 Å². The van der Waals surface area contributed by atoms with E-state index in [1.54, 1.807) is 25.1 Å². The first kappa shape index (κ1) is 18.7. The molecule has 0 bridgehead atoms. The molecule has 7 heteroatoms. The number of carbonyl (C=O) groups is 1. The van der Waals surface area contributed by atoms with E-state index < -0.39 is 21.8 Å². The van der Waals surface area contributed by atoms with E-state index in [-0.39, 0.29) is 17.0 Å². The number of nitrogens with zero attached hydrogens (tertiary/aromatic N) is 1. The molecule has 0 fully saturated rings. The second kappa shape index (κ2) is 7.48. The van der Waals surface area contributed by atoms with E-state index in [1.165, 1.54) is 25.3 Å². The Balaban J connectivity index is 2.60. The van der Waals surface area contributed by atoms with Crippen LogP contribution in [-0.4, -0.2) is 28.0 Å². The largest absolute Gasteiger partial charge is 0.465 e. The minimum absolute atomic E-state index is 0.00875. The molecule has 0 heterocycles. The smallest absolute Gasteiger partial charge is 0.338 e. The van der Waals surface area contributed by atoms with Crippen LogP contribution in [-0.2, 0) is 14.8 Å². The predicted molar refractivity (Wildman–Crippen MR) is 93.6 cm³/mol. The molecule has 0 saturated carbocycles. The summed E-state index contributed by atoms with van der Waals surface area (Å²) in [7, 11) is -2.71. The molecule has 0 aliphatic carbocycles. The number of ether oxygens (including phenoxy) is 1. The summed E-state index contributed by atoms with van der Waals surface area (Å²) in [5, 5.41) is 0. The number of sulfonamides is 1. The lowest BCUT2D eigenvalue weighted by atomic mass is 10.1. The molecule has 0 atom stereocenters. The topological polar surface area (TPSA) is 63.7 Å². The Bertz CT molecular complexity index is 892. The highest BCUT2D eigenvalue weighted by atomic mass is 32.2. The minimum Gasteiger partial charge on any atom is -0.465 e. The fourth-order valence-electron chi connectivity index (χ4n) is 2.40. The van der Waals surface area contributed by atoms with Crippen LogP contribution in [0.2, 0.25) is 0 Å². The van der Waals surface area contributed by atoms with Crippen molar-refractivity contribution in [2.75, 3.05) is 18.0 Å². The molecule has 0 spiro atoms. The predicted octanol–water partition coefficient (Wildman–Crippen LogP) is 3.30. The van der Waals surface area contributed by atoms with Crippen molar-refractivity contribution in [1.82, 2.24) is 0 Å². The van der Waals surface area contributed by atoms with Crippen LogP contribution in [0.15, 0.2) is 60.0 Å². The van der Waals surface area contributed by atoms with Crippen molar-refractivity contribution >= 4 is 21.7 Å². The highest BCUT2D eigenvalue weighted by Crippen LogP contribution is 2.29. The lowest BCUT2D eigenvalue weighted by molar-refractivity contribution is 0.0600. The lowest BCUT2D eigenvalue weighted by Gasteiger charge is -2.25. The third kappa shape index (κ3) is 3.71. The molecule has 0 saturated heterocycles. The maximum atomic E-state index is 13.1. The molecule has 0 N–H and O–H groups in total. The maximum Gasteiger partial charge on any atom is 0.338 e. The fourth-order valence-corrected chi connectivity index (χ4v) is 3.89. The van der Waals surface area contributed by atoms with Crippen LogP contribution in [0.4, 0.5) is 10.1 Å². The van der Waals surface area contributed by atoms with Gasteiger partial charge in [-0.05, 0) is 48.9 Å². The fraction of sp³-hybridized carbons (Fsp3) is 0.167. The first-order chi connectivity index (χ1) is 11.8. The van der Waals surface area contributed by atoms with Crippen LogP contribution in [0, 0.1) is 12.7 Å². The van der Waals surface area contributed by atoms with Crippen LogP contribution in [0.3, 0.4) is 0 Å². The van der Waals surface area contributed by atoms with Gasteiger partial charge in [-0.25, -0.2) is 17.6 Å². The third-order valence-corrected chi connectivity index (χ3v) is 5.47. The molecule has 0 unspecified atom stereocenters. The van der Waals surface area contributed by atoms with Crippen LogP contribution < -0.4 is 4.31 Å². The molecule has 132 valence electrons. The number of rotatable bonds is 6. The van der Waals surface area contributed by atoms with Crippen LogP contribution in [0.1, 0.15) is 15.9 Å². The Labute approximate surface area is 146 Å². The second-order valence-electron chi connectivity index (χ2n) is 5.22. The van der Waals surface area contributed by atoms with Crippen molar-refractivity contribution in [3.63, 3.8) is 0 Å². The summed E-state index contributed by atoms with van der Waals surface area (Å²) in [6, 6.07) is 9.27. The number of hydrogen-bond acceptors (Lipinski definition) is 4. The van der Waals surface area contributed by atoms with E-state index in [9.17, 15) is 17.6 Å². The first-order valence-corrected chi connectivity index (χ1v) is 8.84. The highest BCUT2D eigenvalue weighted by molar-refractivity contribution is 7.92. The van der Waals surface area contributed by atoms with Gasteiger partial charge in [0.15, 0.2) is 0 Å². The quantitative estimate of drug-likeness (QED) is 0.583. The molecule has 0 radical (unpaired) electrons. The van der Waals surface area contributed by atoms with Gasteiger partial charge < -0.3 is 4.74 Å². The molecule has 2 aromatic carbocycles. The van der Waals surface area contributed by atoms with Gasteiger partial charge in [0, 0.05) is 0 Å². The van der Waals surface area contributed by atoms with Gasteiger partial charge in [-0.15, -0.1) is 6.58 Å². The monoisotopic (exact) mass is 363 g/mol. The average Bonchev–Trinajstić information content (AvgIpc) is 2.60. The lowest BCUT2D eigenvalue weighted by Crippen LogP contribution is -2.32. The van der Waals surface area contributed by atoms with E-state index in [2.05, 4.69) is 6.58 Å². The van der Waals surface area contributed by atoms with Gasteiger partial charge in [0.25, 0.3) is 10.0 Å². The molecule has 5 nitrogen and oxygen atoms in total. The zero-order valence-corrected chi connectivity index (χ0v) is 14.7. The van der Waals surface area contributed by atoms with E-state index >= 15 is 0 Å². The Morgan fingerprint density at radius 3 is 2.44 bits per heavy atom. The van der Waals surface area contributed by atoms with Gasteiger partial charge in [-0.3, -0.25) is 4.31 Å². The molecule has 2 rings (SSSR count). The summed E-state index contributed by atoms with van der Waals surface area (Å²) in [6.07, 6.45) is 1.44. The van der Waals surface area contributed by atoms with Gasteiger partial charge in [0.05, 0.1) is 29.8 Å². The summed E-state index contributed by atoms with van der Waals surface area (Å²) < 4.78 is 44.9. The summed E-state index contributed by atoms with van der Waals surface area (Å²) in [5.41, 5.74) is 1.05. The van der Waals surface area contributed by atoms with Gasteiger partial charge in [-0.1, -0.05) is 12.1 Å². The summed E-state index contributed by atoms with van der Waals surface area (Å²) in [4.78, 5) is 11.8. The van der Waals surface area contributed by atoms with Crippen LogP contribution >= 0.6 is 0 Å². The summed E-state index contributed by atoms with van der Waals surface area (Å²) in [5.74, 6) is -1.09. The molecular weight excluding hydrogens is 345 g/mol. The molecular formula is C18H18FNO4S. The maximum absolute atomic E-state index is 13.1. The molecule has 0 aliphatic rings. The van der Waals surface area contributed by atoms with Crippen molar-refractivity contribution in [2.45, 2.75) is 11.8 Å². The average molecular weight is 363 g/mol. The van der Waals surface area contributed by atoms with Crippen molar-refractivity contribution in [3.8, 4) is 0 Å². The normalized spacial score (nSPS) is 11.0. The first-order valence-electron chi connectivity index (χ1n) is 7.40. The van der Waals surface area contributed by atoms with Crippen molar-refractivity contribution in [3.05, 3.63) is 72.1 Å². The number of anilines is 1. The molecule has 0 aliphatic heterocycles. The van der Waals surface area contributed by atoms with Crippen molar-refractivity contribution < 1.29 is 22.3 Å². The number of benzene rings is 2. The van der Waals surface area contributed by atoms with E-state index in [0.29, 0.717) is 11.3 Å². The molecule has 0 aromatic heterocycles. The Hall–Kier alpha value is -2.67. The number of methoxy groups -OCH3 is 1. The van der Waals surface area contributed by atoms with Crippen molar-refractivity contribution in [2.24, 2.45) is 0 Å². The summed E-state index contributed by atoms with van der Waals surface area (Å²) >= 11 is 0. The third-order valence-electron chi connectivity index (χ3n) is 3.68. The van der Waals surface area contributed by atoms with Crippen molar-refractivity contribution in [1.29, 1.82) is 0 Å². The van der Waals surface area contributed by atoms with Gasteiger partial charge >= 0.3 is 5.97 Å². The SMILES string of the molecule is C=CCN(c1cccc(C(=O)OC)c1C)S(=O)(=O)c1ccc(F)cc1. The molecule has 25 heavy (non-hydrogen) atoms. The number of hydrogen-bond donors (Lipinski definition) is 0. The number of esters is 1. The van der Waals surface area contributed by atoms with E-state index in [0.717, 1.165) is 16.4 Å². The Kier molecular flexibility index (Phi) is 5.58. The minimum atomic E-state index is -3.96. The summed E-state index contributed by atoms with van der Waals surface area (Å²) in [6.45, 7) is 5.22. The zero-order valence-electron chi connectivity index (χ0n) is 13.9. The molecule has 0 amide bonds. The van der Waals surface area contributed by atoms with E-state index in [1.807, 2.05) is 0 Å². The number of halogens is 1. The highest BCUT2D eigenvalue weighted by Gasteiger charge is 2.26. The second-order valence-corrected chi connectivity index (χ2v) is 7.08. The van der Waals surface area contributed by atoms with Gasteiger partial charge in [0.1, 0.15) is 5.82 Å². The van der Waals surface area contributed by atoms with Gasteiger partial charge in [-0.2, -0.15) is 0 Å². The Morgan fingerprint density at radius 2 is 1.88 bits per heavy atom. The standard InChI is InChI=1S/C18H18FNO4S/c1-4-12-20(25(22,23)15-10-8-14(19)9-11-15)17-7-5-6-16(13(17)2)18(21)24-3/h4-11H,1,12H2,2-3H3. The van der Waals surface area contributed by atoms with Crippen LogP contribution in [0.25, 0.3) is 0 Å². The number of carbonyl (C=O) groups excluding carboxylic acids is 1. The molecule has 2 aromatic rings. The van der Waals surface area contributed by atoms with Crippen LogP contribution in [0.5, 0.6) is 0 Å².